The molecule has 0 bridgehead atoms. The first-order valence-corrected chi connectivity index (χ1v) is 9.89. The summed E-state index contributed by atoms with van der Waals surface area (Å²) in [4.78, 5) is 11.7. The Balaban J connectivity index is 1.79. The van der Waals surface area contributed by atoms with Crippen LogP contribution >= 0.6 is 0 Å². The second-order valence-corrected chi connectivity index (χ2v) is 7.61. The van der Waals surface area contributed by atoms with Crippen molar-refractivity contribution in [3.8, 4) is 11.5 Å². The normalized spacial score (nSPS) is 20.6. The van der Waals surface area contributed by atoms with Crippen LogP contribution in [-0.2, 0) is 11.2 Å². The number of allylic oxidation sites excluding steroid dienone is 2. The standard InChI is InChI=1S/C24H26N2O3/c1-15(13-16(2)27)26-24(17-5-8-19(28-3)9-6-17)22-11-7-18-14-20(29-4)10-12-21(18)23(22)25-26/h5-6,8-10,12-14,22,24H,7,11H2,1-4H3/b15-13-. The molecular formula is C24H26N2O3. The molecule has 1 heterocycles. The van der Waals surface area contributed by atoms with E-state index < -0.39 is 0 Å². The van der Waals surface area contributed by atoms with Crippen LogP contribution in [0.15, 0.2) is 59.3 Å². The van der Waals surface area contributed by atoms with Crippen molar-refractivity contribution in [2.24, 2.45) is 11.0 Å². The number of benzene rings is 2. The summed E-state index contributed by atoms with van der Waals surface area (Å²) in [7, 11) is 3.36. The summed E-state index contributed by atoms with van der Waals surface area (Å²) in [6, 6.07) is 14.4. The lowest BCUT2D eigenvalue weighted by Gasteiger charge is -2.31. The molecule has 5 heteroatoms. The highest BCUT2D eigenvalue weighted by Crippen LogP contribution is 2.45. The number of hydrazone groups is 1. The molecule has 2 aromatic carbocycles. The predicted octanol–water partition coefficient (Wildman–Crippen LogP) is 4.52. The van der Waals surface area contributed by atoms with Gasteiger partial charge < -0.3 is 9.47 Å². The van der Waals surface area contributed by atoms with Gasteiger partial charge in [0.1, 0.15) is 11.5 Å². The summed E-state index contributed by atoms with van der Waals surface area (Å²) in [6.45, 7) is 3.53. The van der Waals surface area contributed by atoms with Crippen LogP contribution < -0.4 is 9.47 Å². The zero-order valence-corrected chi connectivity index (χ0v) is 17.3. The summed E-state index contributed by atoms with van der Waals surface area (Å²) in [6.07, 6.45) is 3.64. The first kappa shape index (κ1) is 19.2. The van der Waals surface area contributed by atoms with Gasteiger partial charge in [-0.1, -0.05) is 12.1 Å². The van der Waals surface area contributed by atoms with Gasteiger partial charge in [0.05, 0.1) is 26.0 Å². The Kier molecular flexibility index (Phi) is 5.14. The van der Waals surface area contributed by atoms with E-state index in [1.54, 1.807) is 27.2 Å². The fourth-order valence-corrected chi connectivity index (χ4v) is 4.42. The van der Waals surface area contributed by atoms with Crippen molar-refractivity contribution in [2.45, 2.75) is 32.7 Å². The fourth-order valence-electron chi connectivity index (χ4n) is 4.42. The first-order chi connectivity index (χ1) is 14.0. The van der Waals surface area contributed by atoms with Crippen molar-refractivity contribution >= 4 is 11.5 Å². The molecule has 0 saturated carbocycles. The highest BCUT2D eigenvalue weighted by molar-refractivity contribution is 6.06. The van der Waals surface area contributed by atoms with Crippen molar-refractivity contribution in [1.82, 2.24) is 5.01 Å². The Morgan fingerprint density at radius 2 is 1.76 bits per heavy atom. The molecule has 1 aliphatic heterocycles. The van der Waals surface area contributed by atoms with Crippen LogP contribution in [0.5, 0.6) is 11.5 Å². The highest BCUT2D eigenvalue weighted by atomic mass is 16.5. The van der Waals surface area contributed by atoms with Gasteiger partial charge in [0.15, 0.2) is 5.78 Å². The maximum atomic E-state index is 11.7. The van der Waals surface area contributed by atoms with Crippen LogP contribution in [-0.4, -0.2) is 30.7 Å². The van der Waals surface area contributed by atoms with Gasteiger partial charge in [-0.05, 0) is 68.1 Å². The van der Waals surface area contributed by atoms with E-state index in [1.165, 1.54) is 16.7 Å². The highest BCUT2D eigenvalue weighted by Gasteiger charge is 2.42. The SMILES string of the molecule is COc1ccc(C2C3CCc4cc(OC)ccc4C3=NN2/C(C)=C\C(C)=O)cc1. The van der Waals surface area contributed by atoms with E-state index in [1.807, 2.05) is 30.1 Å². The van der Waals surface area contributed by atoms with Crippen molar-refractivity contribution in [3.05, 3.63) is 70.9 Å². The molecule has 0 saturated heterocycles. The number of aryl methyl sites for hydroxylation is 1. The van der Waals surface area contributed by atoms with Gasteiger partial charge >= 0.3 is 0 Å². The number of fused-ring (bicyclic) bond motifs is 3. The molecule has 0 spiro atoms. The van der Waals surface area contributed by atoms with Gasteiger partial charge in [-0.2, -0.15) is 5.10 Å². The van der Waals surface area contributed by atoms with E-state index in [-0.39, 0.29) is 17.7 Å². The minimum atomic E-state index is 0.0242. The Morgan fingerprint density at radius 3 is 2.41 bits per heavy atom. The van der Waals surface area contributed by atoms with Gasteiger partial charge in [0.2, 0.25) is 0 Å². The smallest absolute Gasteiger partial charge is 0.154 e. The van der Waals surface area contributed by atoms with Gasteiger partial charge in [-0.3, -0.25) is 9.80 Å². The second-order valence-electron chi connectivity index (χ2n) is 7.61. The van der Waals surface area contributed by atoms with Gasteiger partial charge in [-0.25, -0.2) is 0 Å². The number of ether oxygens (including phenoxy) is 2. The molecule has 0 fully saturated rings. The lowest BCUT2D eigenvalue weighted by atomic mass is 9.77. The zero-order valence-electron chi connectivity index (χ0n) is 17.3. The Hall–Kier alpha value is -3.08. The summed E-state index contributed by atoms with van der Waals surface area (Å²) in [5, 5.41) is 7.03. The van der Waals surface area contributed by atoms with Crippen molar-refractivity contribution in [1.29, 1.82) is 0 Å². The summed E-state index contributed by atoms with van der Waals surface area (Å²) in [5.41, 5.74) is 5.56. The molecule has 5 nitrogen and oxygen atoms in total. The van der Waals surface area contributed by atoms with Gasteiger partial charge in [0, 0.05) is 23.3 Å². The maximum Gasteiger partial charge on any atom is 0.154 e. The Bertz CT molecular complexity index is 992. The van der Waals surface area contributed by atoms with Gasteiger partial charge in [0.25, 0.3) is 0 Å². The molecule has 150 valence electrons. The Labute approximate surface area is 171 Å². The molecule has 2 aliphatic rings. The minimum absolute atomic E-state index is 0.0242. The monoisotopic (exact) mass is 390 g/mol. The minimum Gasteiger partial charge on any atom is -0.497 e. The van der Waals surface area contributed by atoms with Crippen molar-refractivity contribution in [2.75, 3.05) is 14.2 Å². The summed E-state index contributed by atoms with van der Waals surface area (Å²) >= 11 is 0. The van der Waals surface area contributed by atoms with Crippen LogP contribution in [0, 0.1) is 5.92 Å². The van der Waals surface area contributed by atoms with E-state index in [0.29, 0.717) is 0 Å². The molecule has 1 aliphatic carbocycles. The second kappa shape index (κ2) is 7.74. The average Bonchev–Trinajstić information content (AvgIpc) is 3.13. The molecule has 0 radical (unpaired) electrons. The van der Waals surface area contributed by atoms with Crippen LogP contribution in [0.2, 0.25) is 0 Å². The molecule has 0 amide bonds. The number of carbonyl (C=O) groups is 1. The molecule has 4 rings (SSSR count). The lowest BCUT2D eigenvalue weighted by molar-refractivity contribution is -0.112. The molecule has 2 aromatic rings. The Morgan fingerprint density at radius 1 is 1.07 bits per heavy atom. The van der Waals surface area contributed by atoms with Crippen LogP contribution in [0.25, 0.3) is 0 Å². The zero-order chi connectivity index (χ0) is 20.5. The molecule has 0 N–H and O–H groups in total. The lowest BCUT2D eigenvalue weighted by Crippen LogP contribution is -2.28. The number of hydrogen-bond donors (Lipinski definition) is 0. The topological polar surface area (TPSA) is 51.1 Å². The number of nitrogens with zero attached hydrogens (tertiary/aromatic N) is 2. The van der Waals surface area contributed by atoms with Crippen LogP contribution in [0.1, 0.15) is 43.0 Å². The van der Waals surface area contributed by atoms with E-state index in [9.17, 15) is 4.79 Å². The number of rotatable bonds is 5. The average molecular weight is 390 g/mol. The summed E-state index contributed by atoms with van der Waals surface area (Å²) in [5.74, 6) is 1.99. The van der Waals surface area contributed by atoms with E-state index in [2.05, 4.69) is 24.3 Å². The molecule has 2 unspecified atom stereocenters. The predicted molar refractivity (Wildman–Crippen MR) is 113 cm³/mol. The number of ketones is 1. The van der Waals surface area contributed by atoms with Crippen molar-refractivity contribution < 1.29 is 14.3 Å². The number of carbonyl (C=O) groups excluding carboxylic acids is 1. The van der Waals surface area contributed by atoms with Crippen LogP contribution in [0.4, 0.5) is 0 Å². The first-order valence-electron chi connectivity index (χ1n) is 9.89. The number of methoxy groups -OCH3 is 2. The van der Waals surface area contributed by atoms with Crippen LogP contribution in [0.3, 0.4) is 0 Å². The quantitative estimate of drug-likeness (QED) is 0.705. The summed E-state index contributed by atoms with van der Waals surface area (Å²) < 4.78 is 10.7. The maximum absolute atomic E-state index is 11.7. The largest absolute Gasteiger partial charge is 0.497 e. The number of hydrogen-bond acceptors (Lipinski definition) is 5. The van der Waals surface area contributed by atoms with E-state index in [4.69, 9.17) is 14.6 Å². The van der Waals surface area contributed by atoms with Crippen molar-refractivity contribution in [3.63, 3.8) is 0 Å². The van der Waals surface area contributed by atoms with E-state index in [0.717, 1.165) is 35.7 Å². The van der Waals surface area contributed by atoms with Gasteiger partial charge in [-0.15, -0.1) is 0 Å². The molecule has 0 aromatic heterocycles. The van der Waals surface area contributed by atoms with E-state index >= 15 is 0 Å². The third kappa shape index (κ3) is 3.53. The third-order valence-electron chi connectivity index (χ3n) is 5.76. The third-order valence-corrected chi connectivity index (χ3v) is 5.76. The fraction of sp³-hybridized carbons (Fsp3) is 0.333. The molecule has 2 atom stereocenters. The molecular weight excluding hydrogens is 364 g/mol. The molecule has 29 heavy (non-hydrogen) atoms.